The molecule has 0 atom stereocenters. The number of hydrazine groups is 1. The molecule has 0 saturated carbocycles. The first kappa shape index (κ1) is 18.2. The van der Waals surface area contributed by atoms with Crippen LogP contribution in [-0.2, 0) is 9.59 Å². The Hall–Kier alpha value is -2.58. The van der Waals surface area contributed by atoms with Gasteiger partial charge in [0.2, 0.25) is 0 Å². The monoisotopic (exact) mass is 440 g/mol. The van der Waals surface area contributed by atoms with Crippen LogP contribution in [0.5, 0.6) is 11.5 Å². The lowest BCUT2D eigenvalue weighted by molar-refractivity contribution is -0.117. The number of nitrogens with one attached hydrogen (secondary N) is 1. The zero-order valence-electron chi connectivity index (χ0n) is 13.2. The van der Waals surface area contributed by atoms with Gasteiger partial charge in [0, 0.05) is 0 Å². The lowest BCUT2D eigenvalue weighted by Crippen LogP contribution is -2.35. The second kappa shape index (κ2) is 6.97. The van der Waals surface area contributed by atoms with Crippen LogP contribution in [0.15, 0.2) is 40.4 Å². The van der Waals surface area contributed by atoms with Gasteiger partial charge in [-0.05, 0) is 57.9 Å². The summed E-state index contributed by atoms with van der Waals surface area (Å²) in [6.45, 7) is 0. The van der Waals surface area contributed by atoms with Crippen LogP contribution in [0.3, 0.4) is 0 Å². The Balaban J connectivity index is 1.98. The molecule has 0 spiro atoms. The number of hydrogen-bond acceptors (Lipinski definition) is 4. The first-order chi connectivity index (χ1) is 12.3. The predicted molar refractivity (Wildman–Crippen MR) is 97.4 cm³/mol. The molecule has 2 N–H and O–H groups in total. The third-order valence-electron chi connectivity index (χ3n) is 3.63. The molecule has 1 aliphatic heterocycles. The molecule has 1 fully saturated rings. The molecule has 2 aromatic carbocycles. The maximum atomic E-state index is 13.3. The van der Waals surface area contributed by atoms with E-state index in [1.54, 1.807) is 0 Å². The van der Waals surface area contributed by atoms with Crippen molar-refractivity contribution in [3.05, 3.63) is 56.8 Å². The van der Waals surface area contributed by atoms with Gasteiger partial charge in [0.15, 0.2) is 11.5 Å². The van der Waals surface area contributed by atoms with E-state index >= 15 is 0 Å². The summed E-state index contributed by atoms with van der Waals surface area (Å²) in [7, 11) is 1.38. The normalized spacial score (nSPS) is 15.5. The molecule has 6 nitrogen and oxygen atoms in total. The molecule has 0 aromatic heterocycles. The van der Waals surface area contributed by atoms with Crippen LogP contribution in [0.2, 0.25) is 5.02 Å². The summed E-state index contributed by atoms with van der Waals surface area (Å²) in [5.41, 5.74) is 2.95. The molecule has 0 unspecified atom stereocenters. The van der Waals surface area contributed by atoms with Crippen LogP contribution in [0.1, 0.15) is 5.56 Å². The van der Waals surface area contributed by atoms with Crippen LogP contribution >= 0.6 is 27.5 Å². The van der Waals surface area contributed by atoms with E-state index in [2.05, 4.69) is 21.4 Å². The molecular weight excluding hydrogens is 431 g/mol. The van der Waals surface area contributed by atoms with Gasteiger partial charge in [-0.2, -0.15) is 0 Å². The van der Waals surface area contributed by atoms with E-state index in [0.717, 1.165) is 11.1 Å². The summed E-state index contributed by atoms with van der Waals surface area (Å²) in [6.07, 6.45) is 1.36. The van der Waals surface area contributed by atoms with Crippen molar-refractivity contribution < 1.29 is 23.8 Å². The largest absolute Gasteiger partial charge is 0.503 e. The van der Waals surface area contributed by atoms with Crippen LogP contribution in [0.4, 0.5) is 10.1 Å². The average molecular weight is 442 g/mol. The number of halogens is 3. The number of anilines is 1. The van der Waals surface area contributed by atoms with Crippen LogP contribution in [-0.4, -0.2) is 24.0 Å². The summed E-state index contributed by atoms with van der Waals surface area (Å²) in [5.74, 6) is -1.80. The highest BCUT2D eigenvalue weighted by molar-refractivity contribution is 9.10. The zero-order valence-corrected chi connectivity index (χ0v) is 15.6. The molecule has 3 rings (SSSR count). The third kappa shape index (κ3) is 3.25. The summed E-state index contributed by atoms with van der Waals surface area (Å²) < 4.78 is 18.7. The van der Waals surface area contributed by atoms with Gasteiger partial charge in [0.1, 0.15) is 11.4 Å². The number of carbonyl (C=O) groups excluding carboxylic acids is 2. The van der Waals surface area contributed by atoms with Gasteiger partial charge >= 0.3 is 0 Å². The summed E-state index contributed by atoms with van der Waals surface area (Å²) >= 11 is 8.90. The molecule has 134 valence electrons. The minimum Gasteiger partial charge on any atom is -0.503 e. The molecule has 26 heavy (non-hydrogen) atoms. The number of methoxy groups -OCH3 is 1. The van der Waals surface area contributed by atoms with Crippen molar-refractivity contribution >= 4 is 51.1 Å². The fraction of sp³-hybridized carbons (Fsp3) is 0.0588. The minimum atomic E-state index is -0.634. The van der Waals surface area contributed by atoms with Gasteiger partial charge in [-0.25, -0.2) is 9.40 Å². The zero-order chi connectivity index (χ0) is 19.0. The molecule has 1 heterocycles. The van der Waals surface area contributed by atoms with E-state index in [-0.39, 0.29) is 27.8 Å². The van der Waals surface area contributed by atoms with Crippen molar-refractivity contribution in [2.45, 2.75) is 0 Å². The lowest BCUT2D eigenvalue weighted by Gasteiger charge is -2.14. The Morgan fingerprint density at radius 1 is 1.31 bits per heavy atom. The van der Waals surface area contributed by atoms with Crippen molar-refractivity contribution in [1.29, 1.82) is 0 Å². The molecule has 2 aromatic rings. The highest BCUT2D eigenvalue weighted by Crippen LogP contribution is 2.36. The van der Waals surface area contributed by atoms with Crippen LogP contribution in [0, 0.1) is 5.82 Å². The third-order valence-corrected chi connectivity index (χ3v) is 4.53. The molecule has 0 aliphatic carbocycles. The number of ether oxygens (including phenoxy) is 1. The number of carbonyl (C=O) groups is 2. The Morgan fingerprint density at radius 2 is 2.04 bits per heavy atom. The quantitative estimate of drug-likeness (QED) is 0.565. The van der Waals surface area contributed by atoms with E-state index in [0.29, 0.717) is 10.0 Å². The smallest absolute Gasteiger partial charge is 0.282 e. The number of rotatable bonds is 3. The Bertz CT molecular complexity index is 964. The first-order valence-electron chi connectivity index (χ1n) is 7.20. The highest BCUT2D eigenvalue weighted by Gasteiger charge is 2.34. The average Bonchev–Trinajstić information content (AvgIpc) is 2.88. The first-order valence-corrected chi connectivity index (χ1v) is 8.37. The van der Waals surface area contributed by atoms with Crippen molar-refractivity contribution in [3.8, 4) is 11.5 Å². The van der Waals surface area contributed by atoms with E-state index in [9.17, 15) is 19.1 Å². The molecule has 1 aliphatic rings. The molecule has 9 heteroatoms. The molecular formula is C17H11BrClFN2O4. The van der Waals surface area contributed by atoms with Crippen LogP contribution < -0.4 is 15.2 Å². The summed E-state index contributed by atoms with van der Waals surface area (Å²) in [6, 6.07) is 6.66. The summed E-state index contributed by atoms with van der Waals surface area (Å²) in [4.78, 5) is 24.8. The number of hydrogen-bond donors (Lipinski definition) is 2. The van der Waals surface area contributed by atoms with Gasteiger partial charge in [-0.15, -0.1) is 0 Å². The summed E-state index contributed by atoms with van der Waals surface area (Å²) in [5, 5.41) is 10.6. The van der Waals surface area contributed by atoms with Crippen LogP contribution in [0.25, 0.3) is 6.08 Å². The van der Waals surface area contributed by atoms with E-state index < -0.39 is 17.6 Å². The van der Waals surface area contributed by atoms with Crippen molar-refractivity contribution in [3.63, 3.8) is 0 Å². The second-order valence-corrected chi connectivity index (χ2v) is 6.55. The lowest BCUT2D eigenvalue weighted by atomic mass is 10.1. The fourth-order valence-corrected chi connectivity index (χ4v) is 3.00. The SMILES string of the molecule is COc1cc(C=C2C(=O)NN(c3ccc(F)c(Cl)c3)C2=O)cc(Br)c1O. The number of phenols is 1. The number of phenolic OH excluding ortho intramolecular Hbond substituents is 1. The maximum Gasteiger partial charge on any atom is 0.282 e. The van der Waals surface area contributed by atoms with Gasteiger partial charge in [0.25, 0.3) is 11.8 Å². The van der Waals surface area contributed by atoms with E-state index in [1.165, 1.54) is 37.5 Å². The van der Waals surface area contributed by atoms with Gasteiger partial charge in [0.05, 0.1) is 22.3 Å². The Morgan fingerprint density at radius 3 is 2.69 bits per heavy atom. The van der Waals surface area contributed by atoms with E-state index in [4.69, 9.17) is 16.3 Å². The highest BCUT2D eigenvalue weighted by atomic mass is 79.9. The minimum absolute atomic E-state index is 0.0977. The molecule has 2 amide bonds. The maximum absolute atomic E-state index is 13.3. The fourth-order valence-electron chi connectivity index (χ4n) is 2.36. The number of amides is 2. The van der Waals surface area contributed by atoms with E-state index in [1.807, 2.05) is 0 Å². The molecule has 0 radical (unpaired) electrons. The molecule has 1 saturated heterocycles. The van der Waals surface area contributed by atoms with Gasteiger partial charge in [-0.1, -0.05) is 11.6 Å². The second-order valence-electron chi connectivity index (χ2n) is 5.29. The van der Waals surface area contributed by atoms with Crippen molar-refractivity contribution in [1.82, 2.24) is 5.43 Å². The topological polar surface area (TPSA) is 78.9 Å². The predicted octanol–water partition coefficient (Wildman–Crippen LogP) is 3.42. The number of aromatic hydroxyl groups is 1. The Kier molecular flexibility index (Phi) is 4.88. The van der Waals surface area contributed by atoms with Crippen molar-refractivity contribution in [2.75, 3.05) is 12.1 Å². The Labute approximate surface area is 160 Å². The number of nitrogens with zero attached hydrogens (tertiary/aromatic N) is 1. The molecule has 0 bridgehead atoms. The van der Waals surface area contributed by atoms with Gasteiger partial charge in [-0.3, -0.25) is 15.0 Å². The van der Waals surface area contributed by atoms with Crippen molar-refractivity contribution in [2.24, 2.45) is 0 Å². The standard InChI is InChI=1S/C17H11BrClFN2O4/c1-26-14-6-8(5-11(18)15(14)23)4-10-16(24)21-22(17(10)25)9-2-3-13(20)12(19)7-9/h2-7,23H,1H3,(H,21,24). The van der Waals surface area contributed by atoms with Gasteiger partial charge < -0.3 is 9.84 Å². The number of benzene rings is 2.